The zero-order valence-electron chi connectivity index (χ0n) is 26.7. The molecule has 1 aromatic rings. The second-order valence-electron chi connectivity index (χ2n) is 12.7. The fourth-order valence-corrected chi connectivity index (χ4v) is 6.44. The van der Waals surface area contributed by atoms with Gasteiger partial charge in [-0.15, -0.1) is 0 Å². The summed E-state index contributed by atoms with van der Waals surface area (Å²) in [7, 11) is 5.82. The molecule has 2 amide bonds. The minimum Gasteiger partial charge on any atom is -0.496 e. The minimum absolute atomic E-state index is 0.122. The number of carbonyl (C=O) groups is 3. The zero-order chi connectivity index (χ0) is 31.7. The van der Waals surface area contributed by atoms with Gasteiger partial charge in [0.1, 0.15) is 30.7 Å². The standard InChI is InChI=1S/C32H48ClN3O7/c1-32(2,3)29(34-28(37)16-20-12-10-8-9-11-13-20)30(38)36-19-21(15-25(36)31(39)42-6)14-24(35-43-7)22-17-23(33)27(41-5)18-26(22)40-4/h17-18,20-21,25,29H,8-16,19H2,1-7H3,(H,34,37)/b35-24+. The van der Waals surface area contributed by atoms with Gasteiger partial charge in [0, 0.05) is 24.6 Å². The maximum Gasteiger partial charge on any atom is 0.328 e. The van der Waals surface area contributed by atoms with Crippen LogP contribution in [0.3, 0.4) is 0 Å². The first-order chi connectivity index (χ1) is 20.4. The molecule has 43 heavy (non-hydrogen) atoms. The molecule has 1 heterocycles. The largest absolute Gasteiger partial charge is 0.496 e. The van der Waals surface area contributed by atoms with Crippen molar-refractivity contribution in [3.05, 3.63) is 22.7 Å². The van der Waals surface area contributed by atoms with E-state index in [-0.39, 0.29) is 24.3 Å². The van der Waals surface area contributed by atoms with Crippen molar-refractivity contribution in [1.82, 2.24) is 10.2 Å². The van der Waals surface area contributed by atoms with Gasteiger partial charge in [-0.2, -0.15) is 0 Å². The molecule has 3 unspecified atom stereocenters. The fraction of sp³-hybridized carbons (Fsp3) is 0.688. The number of amides is 2. The van der Waals surface area contributed by atoms with Gasteiger partial charge in [0.25, 0.3) is 0 Å². The summed E-state index contributed by atoms with van der Waals surface area (Å²) in [6, 6.07) is 1.78. The van der Waals surface area contributed by atoms with Crippen LogP contribution in [0.25, 0.3) is 0 Å². The highest BCUT2D eigenvalue weighted by Crippen LogP contribution is 2.36. The number of rotatable bonds is 11. The highest BCUT2D eigenvalue weighted by molar-refractivity contribution is 6.32. The SMILES string of the molecule is CO/N=C(\CC1CC(C(=O)OC)N(C(=O)C(NC(=O)CC2CCCCCC2)C(C)(C)C)C1)c1cc(Cl)c(OC)cc1OC. The molecular weight excluding hydrogens is 574 g/mol. The Labute approximate surface area is 260 Å². The van der Waals surface area contributed by atoms with Crippen LogP contribution in [0.2, 0.25) is 5.02 Å². The third-order valence-corrected chi connectivity index (χ3v) is 8.77. The van der Waals surface area contributed by atoms with Gasteiger partial charge in [0.2, 0.25) is 11.8 Å². The number of methoxy groups -OCH3 is 3. The number of ether oxygens (including phenoxy) is 3. The molecule has 0 radical (unpaired) electrons. The third kappa shape index (κ3) is 9.00. The summed E-state index contributed by atoms with van der Waals surface area (Å²) in [6.45, 7) is 6.04. The first-order valence-electron chi connectivity index (χ1n) is 15.1. The van der Waals surface area contributed by atoms with E-state index >= 15 is 0 Å². The maximum atomic E-state index is 14.1. The summed E-state index contributed by atoms with van der Waals surface area (Å²) in [4.78, 5) is 47.0. The Morgan fingerprint density at radius 2 is 1.63 bits per heavy atom. The van der Waals surface area contributed by atoms with Crippen molar-refractivity contribution >= 4 is 35.1 Å². The molecule has 3 rings (SSSR count). The molecule has 2 fully saturated rings. The van der Waals surface area contributed by atoms with Gasteiger partial charge >= 0.3 is 5.97 Å². The first-order valence-corrected chi connectivity index (χ1v) is 15.5. The predicted octanol–water partition coefficient (Wildman–Crippen LogP) is 5.38. The van der Waals surface area contributed by atoms with Gasteiger partial charge in [-0.3, -0.25) is 9.59 Å². The summed E-state index contributed by atoms with van der Waals surface area (Å²) in [5.74, 6) is 0.212. The Morgan fingerprint density at radius 1 is 0.977 bits per heavy atom. The van der Waals surface area contributed by atoms with Crippen molar-refractivity contribution in [2.45, 2.75) is 90.6 Å². The van der Waals surface area contributed by atoms with Crippen LogP contribution in [0.1, 0.15) is 84.1 Å². The number of nitrogens with zero attached hydrogens (tertiary/aromatic N) is 2. The highest BCUT2D eigenvalue weighted by Gasteiger charge is 2.45. The molecule has 1 aromatic carbocycles. The monoisotopic (exact) mass is 621 g/mol. The maximum absolute atomic E-state index is 14.1. The van der Waals surface area contributed by atoms with E-state index in [1.54, 1.807) is 17.0 Å². The van der Waals surface area contributed by atoms with Crippen LogP contribution in [-0.4, -0.2) is 75.5 Å². The van der Waals surface area contributed by atoms with Crippen molar-refractivity contribution in [3.63, 3.8) is 0 Å². The Bertz CT molecular complexity index is 1160. The fourth-order valence-electron chi connectivity index (χ4n) is 6.20. The molecule has 1 aliphatic heterocycles. The van der Waals surface area contributed by atoms with Gasteiger partial charge in [-0.1, -0.05) is 63.2 Å². The molecule has 11 heteroatoms. The number of carbonyl (C=O) groups excluding carboxylic acids is 3. The molecule has 0 spiro atoms. The van der Waals surface area contributed by atoms with E-state index in [1.165, 1.54) is 41.3 Å². The van der Waals surface area contributed by atoms with E-state index in [2.05, 4.69) is 10.5 Å². The molecule has 1 aliphatic carbocycles. The number of benzene rings is 1. The van der Waals surface area contributed by atoms with Crippen molar-refractivity contribution in [2.24, 2.45) is 22.4 Å². The van der Waals surface area contributed by atoms with E-state index in [4.69, 9.17) is 30.6 Å². The number of hydrogen-bond acceptors (Lipinski definition) is 8. The zero-order valence-corrected chi connectivity index (χ0v) is 27.4. The Hall–Kier alpha value is -3.01. The van der Waals surface area contributed by atoms with Crippen LogP contribution < -0.4 is 14.8 Å². The lowest BCUT2D eigenvalue weighted by Crippen LogP contribution is -2.57. The van der Waals surface area contributed by atoms with Crippen LogP contribution in [0.5, 0.6) is 11.5 Å². The average Bonchev–Trinajstić information content (AvgIpc) is 3.22. The van der Waals surface area contributed by atoms with Gasteiger partial charge in [0.05, 0.1) is 32.1 Å². The molecule has 240 valence electrons. The molecule has 1 N–H and O–H groups in total. The number of likely N-dealkylation sites (tertiary alicyclic amines) is 1. The van der Waals surface area contributed by atoms with Crippen LogP contribution in [0.15, 0.2) is 17.3 Å². The molecule has 1 saturated carbocycles. The lowest BCUT2D eigenvalue weighted by atomic mass is 9.85. The van der Waals surface area contributed by atoms with Crippen molar-refractivity contribution in [2.75, 3.05) is 35.0 Å². The molecule has 2 aliphatic rings. The van der Waals surface area contributed by atoms with Gasteiger partial charge < -0.3 is 29.3 Å². The molecule has 0 aromatic heterocycles. The molecular formula is C32H48ClN3O7. The summed E-state index contributed by atoms with van der Waals surface area (Å²) in [5.41, 5.74) is 0.592. The Balaban J connectivity index is 1.84. The number of nitrogens with one attached hydrogen (secondary N) is 1. The average molecular weight is 622 g/mol. The van der Waals surface area contributed by atoms with Gasteiger partial charge in [-0.25, -0.2) is 4.79 Å². The topological polar surface area (TPSA) is 116 Å². The highest BCUT2D eigenvalue weighted by atomic mass is 35.5. The second kappa shape index (κ2) is 15.6. The lowest BCUT2D eigenvalue weighted by molar-refractivity contribution is -0.153. The first kappa shape index (κ1) is 34.5. The molecule has 10 nitrogen and oxygen atoms in total. The normalized spacial score (nSPS) is 20.7. The summed E-state index contributed by atoms with van der Waals surface area (Å²) >= 11 is 6.43. The van der Waals surface area contributed by atoms with Crippen molar-refractivity contribution in [1.29, 1.82) is 0 Å². The van der Waals surface area contributed by atoms with E-state index in [0.717, 1.165) is 25.7 Å². The summed E-state index contributed by atoms with van der Waals surface area (Å²) < 4.78 is 16.0. The molecule has 1 saturated heterocycles. The van der Waals surface area contributed by atoms with E-state index in [0.29, 0.717) is 53.0 Å². The number of halogens is 1. The molecule has 0 bridgehead atoms. The van der Waals surface area contributed by atoms with Crippen molar-refractivity contribution in [3.8, 4) is 11.5 Å². The second-order valence-corrected chi connectivity index (χ2v) is 13.1. The minimum atomic E-state index is -0.802. The lowest BCUT2D eigenvalue weighted by Gasteiger charge is -2.35. The van der Waals surface area contributed by atoms with Crippen LogP contribution in [0.4, 0.5) is 0 Å². The number of hydrogen-bond donors (Lipinski definition) is 1. The Morgan fingerprint density at radius 3 is 2.19 bits per heavy atom. The van der Waals surface area contributed by atoms with Crippen LogP contribution in [0, 0.1) is 17.3 Å². The predicted molar refractivity (Wildman–Crippen MR) is 166 cm³/mol. The van der Waals surface area contributed by atoms with Gasteiger partial charge in [0.15, 0.2) is 0 Å². The summed E-state index contributed by atoms with van der Waals surface area (Å²) in [6.07, 6.45) is 7.91. The summed E-state index contributed by atoms with van der Waals surface area (Å²) in [5, 5.41) is 7.68. The van der Waals surface area contributed by atoms with E-state index < -0.39 is 23.5 Å². The smallest absolute Gasteiger partial charge is 0.328 e. The molecule has 3 atom stereocenters. The Kier molecular flexibility index (Phi) is 12.5. The van der Waals surface area contributed by atoms with E-state index in [9.17, 15) is 14.4 Å². The third-order valence-electron chi connectivity index (χ3n) is 8.48. The van der Waals surface area contributed by atoms with Gasteiger partial charge in [-0.05, 0) is 49.0 Å². The van der Waals surface area contributed by atoms with Crippen LogP contribution in [-0.2, 0) is 24.0 Å². The number of oxime groups is 1. The number of esters is 1. The van der Waals surface area contributed by atoms with Crippen LogP contribution >= 0.6 is 11.6 Å². The van der Waals surface area contributed by atoms with E-state index in [1.807, 2.05) is 20.8 Å². The van der Waals surface area contributed by atoms with Crippen molar-refractivity contribution < 1.29 is 33.4 Å². The quantitative estimate of drug-likeness (QED) is 0.153.